The van der Waals surface area contributed by atoms with E-state index in [4.69, 9.17) is 0 Å². The standard InChI is InChI=1S/C16H17NO2/c1-2-17(14-8-10-15(18)11-9-14)16(19)12-13-6-4-3-5-7-13/h3-11,18H,2,12H2,1H3. The zero-order valence-corrected chi connectivity index (χ0v) is 10.9. The van der Waals surface area contributed by atoms with Gasteiger partial charge in [0.25, 0.3) is 0 Å². The van der Waals surface area contributed by atoms with Gasteiger partial charge in [0, 0.05) is 12.2 Å². The van der Waals surface area contributed by atoms with E-state index in [0.717, 1.165) is 11.3 Å². The van der Waals surface area contributed by atoms with Crippen molar-refractivity contribution < 1.29 is 9.90 Å². The first-order valence-electron chi connectivity index (χ1n) is 6.34. The van der Waals surface area contributed by atoms with Gasteiger partial charge in [0.1, 0.15) is 5.75 Å². The van der Waals surface area contributed by atoms with Crippen molar-refractivity contribution in [2.45, 2.75) is 13.3 Å². The molecule has 0 bridgehead atoms. The summed E-state index contributed by atoms with van der Waals surface area (Å²) < 4.78 is 0. The minimum Gasteiger partial charge on any atom is -0.508 e. The summed E-state index contributed by atoms with van der Waals surface area (Å²) in [4.78, 5) is 14.0. The number of likely N-dealkylation sites (N-methyl/N-ethyl adjacent to an activating group) is 1. The van der Waals surface area contributed by atoms with E-state index in [-0.39, 0.29) is 11.7 Å². The van der Waals surface area contributed by atoms with E-state index in [0.29, 0.717) is 13.0 Å². The fourth-order valence-corrected chi connectivity index (χ4v) is 2.00. The second kappa shape index (κ2) is 6.05. The number of hydrogen-bond acceptors (Lipinski definition) is 2. The van der Waals surface area contributed by atoms with Gasteiger partial charge in [-0.2, -0.15) is 0 Å². The van der Waals surface area contributed by atoms with Crippen LogP contribution in [0.4, 0.5) is 5.69 Å². The van der Waals surface area contributed by atoms with Crippen LogP contribution in [0.15, 0.2) is 54.6 Å². The lowest BCUT2D eigenvalue weighted by Gasteiger charge is -2.21. The lowest BCUT2D eigenvalue weighted by atomic mass is 10.1. The second-order valence-corrected chi connectivity index (χ2v) is 4.32. The van der Waals surface area contributed by atoms with Crippen LogP contribution in [0.5, 0.6) is 5.75 Å². The molecule has 0 saturated carbocycles. The van der Waals surface area contributed by atoms with Gasteiger partial charge in [0.2, 0.25) is 5.91 Å². The van der Waals surface area contributed by atoms with E-state index in [1.54, 1.807) is 29.2 Å². The van der Waals surface area contributed by atoms with Crippen molar-refractivity contribution in [3.8, 4) is 5.75 Å². The SMILES string of the molecule is CCN(C(=O)Cc1ccccc1)c1ccc(O)cc1. The molecule has 0 atom stereocenters. The number of phenolic OH excluding ortho intramolecular Hbond substituents is 1. The van der Waals surface area contributed by atoms with Crippen LogP contribution in [0.1, 0.15) is 12.5 Å². The molecule has 0 aliphatic carbocycles. The van der Waals surface area contributed by atoms with Crippen LogP contribution in [0.25, 0.3) is 0 Å². The number of nitrogens with zero attached hydrogens (tertiary/aromatic N) is 1. The fourth-order valence-electron chi connectivity index (χ4n) is 2.00. The first-order valence-corrected chi connectivity index (χ1v) is 6.34. The number of carbonyl (C=O) groups excluding carboxylic acids is 1. The van der Waals surface area contributed by atoms with Crippen molar-refractivity contribution in [1.29, 1.82) is 0 Å². The zero-order chi connectivity index (χ0) is 13.7. The van der Waals surface area contributed by atoms with E-state index in [1.807, 2.05) is 37.3 Å². The molecule has 0 heterocycles. The number of carbonyl (C=O) groups is 1. The lowest BCUT2D eigenvalue weighted by Crippen LogP contribution is -2.31. The molecule has 2 aromatic rings. The van der Waals surface area contributed by atoms with Gasteiger partial charge in [-0.25, -0.2) is 0 Å². The summed E-state index contributed by atoms with van der Waals surface area (Å²) in [7, 11) is 0. The van der Waals surface area contributed by atoms with Crippen LogP contribution in [-0.4, -0.2) is 17.6 Å². The molecule has 0 fully saturated rings. The third-order valence-electron chi connectivity index (χ3n) is 2.98. The van der Waals surface area contributed by atoms with Gasteiger partial charge < -0.3 is 10.0 Å². The van der Waals surface area contributed by atoms with Crippen molar-refractivity contribution >= 4 is 11.6 Å². The summed E-state index contributed by atoms with van der Waals surface area (Å²) in [6.45, 7) is 2.55. The molecule has 0 radical (unpaired) electrons. The van der Waals surface area contributed by atoms with Gasteiger partial charge in [-0.05, 0) is 36.8 Å². The summed E-state index contributed by atoms with van der Waals surface area (Å²) in [5.74, 6) is 0.259. The molecule has 0 saturated heterocycles. The first-order chi connectivity index (χ1) is 9.20. The number of hydrogen-bond donors (Lipinski definition) is 1. The minimum atomic E-state index is 0.0550. The summed E-state index contributed by atoms with van der Waals surface area (Å²) in [5.41, 5.74) is 1.81. The van der Waals surface area contributed by atoms with E-state index in [2.05, 4.69) is 0 Å². The smallest absolute Gasteiger partial charge is 0.231 e. The van der Waals surface area contributed by atoms with Gasteiger partial charge in [-0.1, -0.05) is 30.3 Å². The Kier molecular flexibility index (Phi) is 4.18. The Morgan fingerprint density at radius 2 is 1.68 bits per heavy atom. The van der Waals surface area contributed by atoms with Gasteiger partial charge in [0.05, 0.1) is 6.42 Å². The van der Waals surface area contributed by atoms with Gasteiger partial charge >= 0.3 is 0 Å². The molecule has 1 amide bonds. The molecule has 0 spiro atoms. The van der Waals surface area contributed by atoms with Crippen molar-refractivity contribution in [3.05, 3.63) is 60.2 Å². The van der Waals surface area contributed by atoms with Crippen molar-refractivity contribution in [3.63, 3.8) is 0 Å². The van der Waals surface area contributed by atoms with Crippen LogP contribution in [0, 0.1) is 0 Å². The quantitative estimate of drug-likeness (QED) is 0.912. The molecule has 0 unspecified atom stereocenters. The van der Waals surface area contributed by atoms with Gasteiger partial charge in [-0.3, -0.25) is 4.79 Å². The molecule has 3 nitrogen and oxygen atoms in total. The maximum atomic E-state index is 12.3. The number of anilines is 1. The highest BCUT2D eigenvalue weighted by Gasteiger charge is 2.14. The van der Waals surface area contributed by atoms with Crippen molar-refractivity contribution in [2.75, 3.05) is 11.4 Å². The molecule has 0 aliphatic heterocycles. The second-order valence-electron chi connectivity index (χ2n) is 4.32. The highest BCUT2D eigenvalue weighted by Crippen LogP contribution is 2.19. The van der Waals surface area contributed by atoms with Crippen molar-refractivity contribution in [1.82, 2.24) is 0 Å². The van der Waals surface area contributed by atoms with Crippen LogP contribution < -0.4 is 4.90 Å². The van der Waals surface area contributed by atoms with Gasteiger partial charge in [-0.15, -0.1) is 0 Å². The highest BCUT2D eigenvalue weighted by molar-refractivity contribution is 5.94. The average molecular weight is 255 g/mol. The van der Waals surface area contributed by atoms with Crippen LogP contribution in [0.3, 0.4) is 0 Å². The Hall–Kier alpha value is -2.29. The van der Waals surface area contributed by atoms with Crippen LogP contribution in [0.2, 0.25) is 0 Å². The van der Waals surface area contributed by atoms with Gasteiger partial charge in [0.15, 0.2) is 0 Å². The van der Waals surface area contributed by atoms with Crippen LogP contribution >= 0.6 is 0 Å². The Morgan fingerprint density at radius 3 is 2.26 bits per heavy atom. The summed E-state index contributed by atoms with van der Waals surface area (Å²) in [6, 6.07) is 16.4. The predicted molar refractivity (Wildman–Crippen MR) is 76.3 cm³/mol. The third-order valence-corrected chi connectivity index (χ3v) is 2.98. The average Bonchev–Trinajstić information content (AvgIpc) is 2.43. The van der Waals surface area contributed by atoms with Crippen molar-refractivity contribution in [2.24, 2.45) is 0 Å². The minimum absolute atomic E-state index is 0.0550. The monoisotopic (exact) mass is 255 g/mol. The summed E-state index contributed by atoms with van der Waals surface area (Å²) in [5, 5.41) is 9.28. The third kappa shape index (κ3) is 3.35. The first kappa shape index (κ1) is 13.1. The maximum absolute atomic E-state index is 12.3. The van der Waals surface area contributed by atoms with E-state index in [1.165, 1.54) is 0 Å². The van der Waals surface area contributed by atoms with E-state index in [9.17, 15) is 9.90 Å². The highest BCUT2D eigenvalue weighted by atomic mass is 16.3. The Labute approximate surface area is 113 Å². The molecular weight excluding hydrogens is 238 g/mol. The number of benzene rings is 2. The molecular formula is C16H17NO2. The van der Waals surface area contributed by atoms with Crippen LogP contribution in [-0.2, 0) is 11.2 Å². The fraction of sp³-hybridized carbons (Fsp3) is 0.188. The zero-order valence-electron chi connectivity index (χ0n) is 10.9. The molecule has 19 heavy (non-hydrogen) atoms. The topological polar surface area (TPSA) is 40.5 Å². The molecule has 2 aromatic carbocycles. The Balaban J connectivity index is 2.13. The molecule has 3 heteroatoms. The molecule has 0 aromatic heterocycles. The normalized spacial score (nSPS) is 10.2. The number of amides is 1. The Morgan fingerprint density at radius 1 is 1.05 bits per heavy atom. The molecule has 2 rings (SSSR count). The predicted octanol–water partition coefficient (Wildman–Crippen LogP) is 2.99. The number of phenols is 1. The number of rotatable bonds is 4. The summed E-state index contributed by atoms with van der Waals surface area (Å²) in [6.07, 6.45) is 0.384. The largest absolute Gasteiger partial charge is 0.508 e. The summed E-state index contributed by atoms with van der Waals surface area (Å²) >= 11 is 0. The Bertz CT molecular complexity index is 534. The molecule has 98 valence electrons. The van der Waals surface area contributed by atoms with E-state index < -0.39 is 0 Å². The number of aromatic hydroxyl groups is 1. The van der Waals surface area contributed by atoms with E-state index >= 15 is 0 Å². The maximum Gasteiger partial charge on any atom is 0.231 e. The molecule has 1 N–H and O–H groups in total. The lowest BCUT2D eigenvalue weighted by molar-refractivity contribution is -0.117. The molecule has 0 aliphatic rings.